The number of rotatable bonds is 10. The summed E-state index contributed by atoms with van der Waals surface area (Å²) in [5, 5.41) is 0.909. The summed E-state index contributed by atoms with van der Waals surface area (Å²) in [4.78, 5) is 16.9. The van der Waals surface area contributed by atoms with Crippen LogP contribution < -0.4 is 3.53 Å². The summed E-state index contributed by atoms with van der Waals surface area (Å²) < 4.78 is 5.46. The van der Waals surface area contributed by atoms with Gasteiger partial charge in [-0.3, -0.25) is 0 Å². The second kappa shape index (κ2) is 9.78. The molecule has 1 aromatic carbocycles. The third kappa shape index (κ3) is 5.11. The van der Waals surface area contributed by atoms with Gasteiger partial charge in [0.15, 0.2) is 0 Å². The van der Waals surface area contributed by atoms with Gasteiger partial charge < -0.3 is 0 Å². The summed E-state index contributed by atoms with van der Waals surface area (Å²) in [5.74, 6) is 0.989. The quantitative estimate of drug-likeness (QED) is 0.345. The number of carbonyl (C=O) groups is 1. The van der Waals surface area contributed by atoms with E-state index in [1.165, 1.54) is 32.1 Å². The van der Waals surface area contributed by atoms with Crippen molar-refractivity contribution in [3.05, 3.63) is 36.0 Å². The Kier molecular flexibility index (Phi) is 7.69. The van der Waals surface area contributed by atoms with Gasteiger partial charge in [0, 0.05) is 0 Å². The van der Waals surface area contributed by atoms with E-state index in [9.17, 15) is 4.79 Å². The molecular formula is C19H25GaNO2. The van der Waals surface area contributed by atoms with Gasteiger partial charge in [0.25, 0.3) is 0 Å². The molecule has 0 saturated carbocycles. The Labute approximate surface area is 149 Å². The van der Waals surface area contributed by atoms with Crippen LogP contribution in [0, 0.1) is 0 Å². The summed E-state index contributed by atoms with van der Waals surface area (Å²) in [5.41, 5.74) is 1.57. The molecule has 0 aliphatic carbocycles. The first-order valence-electron chi connectivity index (χ1n) is 8.61. The van der Waals surface area contributed by atoms with Crippen LogP contribution in [-0.4, -0.2) is 29.7 Å². The second-order valence-corrected chi connectivity index (χ2v) is 6.56. The van der Waals surface area contributed by atoms with E-state index in [1.54, 1.807) is 6.20 Å². The van der Waals surface area contributed by atoms with Crippen molar-refractivity contribution < 1.29 is 8.32 Å². The summed E-state index contributed by atoms with van der Waals surface area (Å²) in [7, 11) is 0. The van der Waals surface area contributed by atoms with Crippen LogP contribution in [0.4, 0.5) is 0 Å². The molecule has 0 fully saturated rings. The SMILES string of the molecule is CCCCCCCCCC(=O)c1ccc([O][GaH])c2ncccc12. The fourth-order valence-electron chi connectivity index (χ4n) is 2.88. The standard InChI is InChI=1S/C19H25NO2.Ga.H/c1-2-3-4-5-6-7-8-11-17(21)15-12-13-18(22)19-16(15)10-9-14-20-19;;/h9-10,12-14,22H,2-8,11H2,1H3;;/q;+1;/p-1. The van der Waals surface area contributed by atoms with Crippen LogP contribution in [0.1, 0.15) is 68.6 Å². The Balaban J connectivity index is 1.94. The fourth-order valence-corrected chi connectivity index (χ4v) is 3.37. The summed E-state index contributed by atoms with van der Waals surface area (Å²) in [6.07, 6.45) is 10.9. The number of ketones is 1. The van der Waals surface area contributed by atoms with E-state index in [0.717, 1.165) is 54.0 Å². The van der Waals surface area contributed by atoms with Crippen molar-refractivity contribution >= 4 is 35.7 Å². The zero-order chi connectivity index (χ0) is 16.5. The van der Waals surface area contributed by atoms with E-state index >= 15 is 0 Å². The number of hydrogen-bond acceptors (Lipinski definition) is 3. The van der Waals surface area contributed by atoms with Crippen LogP contribution >= 0.6 is 0 Å². The fraction of sp³-hybridized carbons (Fsp3) is 0.474. The number of nitrogens with zero attached hydrogens (tertiary/aromatic N) is 1. The minimum absolute atomic E-state index is 0.218. The number of aromatic nitrogens is 1. The van der Waals surface area contributed by atoms with Crippen molar-refractivity contribution in [2.75, 3.05) is 0 Å². The summed E-state index contributed by atoms with van der Waals surface area (Å²) in [6.45, 7) is 2.23. The van der Waals surface area contributed by atoms with Crippen LogP contribution in [0.5, 0.6) is 5.75 Å². The molecule has 1 radical (unpaired) electrons. The van der Waals surface area contributed by atoms with Crippen LogP contribution in [0.25, 0.3) is 10.9 Å². The van der Waals surface area contributed by atoms with E-state index in [2.05, 4.69) is 11.9 Å². The van der Waals surface area contributed by atoms with Gasteiger partial charge in [-0.1, -0.05) is 19.8 Å². The van der Waals surface area contributed by atoms with Crippen molar-refractivity contribution in [2.24, 2.45) is 0 Å². The predicted molar refractivity (Wildman–Crippen MR) is 96.5 cm³/mol. The van der Waals surface area contributed by atoms with Gasteiger partial charge in [-0.05, 0) is 0 Å². The molecule has 121 valence electrons. The van der Waals surface area contributed by atoms with Gasteiger partial charge in [0.1, 0.15) is 0 Å². The molecule has 0 unspecified atom stereocenters. The van der Waals surface area contributed by atoms with E-state index in [0.29, 0.717) is 6.42 Å². The average Bonchev–Trinajstić information content (AvgIpc) is 2.59. The summed E-state index contributed by atoms with van der Waals surface area (Å²) in [6, 6.07) is 7.60. The molecule has 0 atom stereocenters. The molecule has 1 aromatic heterocycles. The predicted octanol–water partition coefficient (Wildman–Crippen LogP) is 4.75. The Hall–Kier alpha value is -1.26. The number of pyridine rings is 1. The first-order valence-corrected chi connectivity index (χ1v) is 9.82. The third-order valence-electron chi connectivity index (χ3n) is 4.20. The molecule has 0 saturated heterocycles. The first-order chi connectivity index (χ1) is 11.3. The van der Waals surface area contributed by atoms with Gasteiger partial charge in [-0.25, -0.2) is 0 Å². The normalized spacial score (nSPS) is 10.8. The van der Waals surface area contributed by atoms with Gasteiger partial charge >= 0.3 is 129 Å². The monoisotopic (exact) mass is 368 g/mol. The van der Waals surface area contributed by atoms with E-state index in [4.69, 9.17) is 3.53 Å². The van der Waals surface area contributed by atoms with E-state index < -0.39 is 0 Å². The molecule has 2 aromatic rings. The van der Waals surface area contributed by atoms with Gasteiger partial charge in [-0.2, -0.15) is 0 Å². The van der Waals surface area contributed by atoms with Crippen LogP contribution in [0.3, 0.4) is 0 Å². The van der Waals surface area contributed by atoms with E-state index in [-0.39, 0.29) is 5.78 Å². The number of carbonyl (C=O) groups excluding carboxylic acids is 1. The van der Waals surface area contributed by atoms with Crippen molar-refractivity contribution in [3.63, 3.8) is 0 Å². The maximum atomic E-state index is 12.5. The number of unbranched alkanes of at least 4 members (excludes halogenated alkanes) is 6. The number of hydrogen-bond donors (Lipinski definition) is 0. The third-order valence-corrected chi connectivity index (χ3v) is 4.85. The molecular weight excluding hydrogens is 344 g/mol. The summed E-state index contributed by atoms with van der Waals surface area (Å²) >= 11 is 0.719. The molecule has 0 amide bonds. The number of fused-ring (bicyclic) bond motifs is 1. The zero-order valence-electron chi connectivity index (χ0n) is 14.0. The Morgan fingerprint density at radius 3 is 2.57 bits per heavy atom. The van der Waals surface area contributed by atoms with Crippen LogP contribution in [0.2, 0.25) is 0 Å². The molecule has 4 heteroatoms. The van der Waals surface area contributed by atoms with Crippen molar-refractivity contribution in [2.45, 2.75) is 58.3 Å². The van der Waals surface area contributed by atoms with Gasteiger partial charge in [-0.15, -0.1) is 0 Å². The molecule has 2 rings (SSSR count). The van der Waals surface area contributed by atoms with Gasteiger partial charge in [0.05, 0.1) is 0 Å². The molecule has 0 aliphatic rings. The molecule has 0 bridgehead atoms. The first kappa shape index (κ1) is 18.1. The Morgan fingerprint density at radius 2 is 1.83 bits per heavy atom. The topological polar surface area (TPSA) is 39.2 Å². The van der Waals surface area contributed by atoms with Crippen molar-refractivity contribution in [3.8, 4) is 5.75 Å². The number of Topliss-reactive ketones (excluding diaryl/α,β-unsaturated/α-hetero) is 1. The number of benzene rings is 1. The van der Waals surface area contributed by atoms with Gasteiger partial charge in [0.2, 0.25) is 0 Å². The molecule has 0 N–H and O–H groups in total. The Morgan fingerprint density at radius 1 is 1.09 bits per heavy atom. The molecule has 0 spiro atoms. The van der Waals surface area contributed by atoms with Crippen LogP contribution in [0.15, 0.2) is 30.5 Å². The second-order valence-electron chi connectivity index (χ2n) is 5.95. The minimum atomic E-state index is 0.218. The molecule has 0 aliphatic heterocycles. The van der Waals surface area contributed by atoms with Crippen LogP contribution in [-0.2, 0) is 0 Å². The molecule has 23 heavy (non-hydrogen) atoms. The van der Waals surface area contributed by atoms with Crippen molar-refractivity contribution in [1.82, 2.24) is 4.98 Å². The molecule has 1 heterocycles. The Bertz CT molecular complexity index is 642. The zero-order valence-corrected chi connectivity index (χ0v) is 17.0. The van der Waals surface area contributed by atoms with E-state index in [1.807, 2.05) is 24.3 Å². The van der Waals surface area contributed by atoms with Crippen molar-refractivity contribution in [1.29, 1.82) is 0 Å². The molecule has 3 nitrogen and oxygen atoms in total. The average molecular weight is 369 g/mol. The maximum absolute atomic E-state index is 12.5.